The third-order valence-electron chi connectivity index (χ3n) is 6.08. The van der Waals surface area contributed by atoms with Gasteiger partial charge < -0.3 is 24.7 Å². The van der Waals surface area contributed by atoms with Crippen molar-refractivity contribution >= 4 is 23.2 Å². The summed E-state index contributed by atoms with van der Waals surface area (Å²) in [6.07, 6.45) is 0.270. The zero-order chi connectivity index (χ0) is 21.8. The molecule has 3 aromatic rings. The van der Waals surface area contributed by atoms with E-state index in [0.29, 0.717) is 12.2 Å². The van der Waals surface area contributed by atoms with Gasteiger partial charge in [-0.25, -0.2) is 0 Å². The molecule has 0 spiro atoms. The van der Waals surface area contributed by atoms with Crippen LogP contribution in [0.4, 0.5) is 11.4 Å². The maximum atomic E-state index is 12.3. The van der Waals surface area contributed by atoms with E-state index in [1.54, 1.807) is 25.1 Å². The van der Waals surface area contributed by atoms with Crippen LogP contribution in [0, 0.1) is 0 Å². The Labute approximate surface area is 179 Å². The molecule has 1 atom stereocenters. The van der Waals surface area contributed by atoms with Crippen molar-refractivity contribution in [3.05, 3.63) is 54.3 Å². The van der Waals surface area contributed by atoms with Gasteiger partial charge in [-0.05, 0) is 29.3 Å². The Balaban J connectivity index is 1.48. The van der Waals surface area contributed by atoms with Crippen LogP contribution in [0.5, 0.6) is 0 Å². The lowest BCUT2D eigenvalue weighted by atomic mass is 9.97. The molecule has 1 fully saturated rings. The monoisotopic (exact) mass is 418 g/mol. The first-order chi connectivity index (χ1) is 14.9. The van der Waals surface area contributed by atoms with Crippen LogP contribution in [-0.2, 0) is 15.2 Å². The topological polar surface area (TPSA) is 98.9 Å². The van der Waals surface area contributed by atoms with Crippen molar-refractivity contribution in [2.45, 2.75) is 12.0 Å². The Morgan fingerprint density at radius 1 is 1.06 bits per heavy atom. The largest absolute Gasteiger partial charge is 0.374 e. The Morgan fingerprint density at radius 3 is 2.61 bits per heavy atom. The zero-order valence-corrected chi connectivity index (χ0v) is 17.3. The van der Waals surface area contributed by atoms with E-state index >= 15 is 0 Å². The number of hydrogen-bond donors (Lipinski definition) is 2. The van der Waals surface area contributed by atoms with E-state index in [1.807, 2.05) is 42.5 Å². The SMILES string of the molecule is CN1CCC(O)(c2cc(-c3cccc(-c4ccc5c(c4)N(C)C(=O)CN5)c3)no2)C1=O. The number of fused-ring (bicyclic) bond motifs is 1. The molecule has 2 aliphatic rings. The van der Waals surface area contributed by atoms with Crippen LogP contribution in [0.2, 0.25) is 0 Å². The Morgan fingerprint density at radius 2 is 1.84 bits per heavy atom. The highest BCUT2D eigenvalue weighted by molar-refractivity contribution is 6.03. The maximum Gasteiger partial charge on any atom is 0.262 e. The van der Waals surface area contributed by atoms with Crippen molar-refractivity contribution in [3.63, 3.8) is 0 Å². The summed E-state index contributed by atoms with van der Waals surface area (Å²) in [7, 11) is 3.42. The summed E-state index contributed by atoms with van der Waals surface area (Å²) in [6.45, 7) is 0.752. The molecular weight excluding hydrogens is 396 g/mol. The third-order valence-corrected chi connectivity index (χ3v) is 6.08. The van der Waals surface area contributed by atoms with Gasteiger partial charge in [0.05, 0.1) is 17.9 Å². The minimum absolute atomic E-state index is 0.0126. The van der Waals surface area contributed by atoms with Gasteiger partial charge in [0.2, 0.25) is 11.5 Å². The molecule has 2 aromatic carbocycles. The number of aromatic nitrogens is 1. The zero-order valence-electron chi connectivity index (χ0n) is 17.3. The average Bonchev–Trinajstić information content (AvgIpc) is 3.39. The van der Waals surface area contributed by atoms with Crippen molar-refractivity contribution in [1.29, 1.82) is 0 Å². The second-order valence-electron chi connectivity index (χ2n) is 8.03. The minimum Gasteiger partial charge on any atom is -0.374 e. The average molecular weight is 418 g/mol. The number of carbonyl (C=O) groups is 2. The van der Waals surface area contributed by atoms with E-state index < -0.39 is 5.60 Å². The lowest BCUT2D eigenvalue weighted by molar-refractivity contribution is -0.144. The van der Waals surface area contributed by atoms with Crippen molar-refractivity contribution in [2.24, 2.45) is 0 Å². The molecule has 0 saturated carbocycles. The second-order valence-corrected chi connectivity index (χ2v) is 8.03. The number of hydrogen-bond acceptors (Lipinski definition) is 6. The Hall–Kier alpha value is -3.65. The number of rotatable bonds is 3. The van der Waals surface area contributed by atoms with Crippen molar-refractivity contribution in [2.75, 3.05) is 37.4 Å². The van der Waals surface area contributed by atoms with Crippen LogP contribution in [0.15, 0.2) is 53.1 Å². The highest BCUT2D eigenvalue weighted by Gasteiger charge is 2.48. The van der Waals surface area contributed by atoms with Gasteiger partial charge in [-0.3, -0.25) is 9.59 Å². The van der Waals surface area contributed by atoms with Crippen LogP contribution in [-0.4, -0.2) is 54.2 Å². The van der Waals surface area contributed by atoms with Crippen molar-refractivity contribution < 1.29 is 19.2 Å². The number of aliphatic hydroxyl groups is 1. The Kier molecular flexibility index (Phi) is 4.33. The van der Waals surface area contributed by atoms with Gasteiger partial charge in [0.15, 0.2) is 5.76 Å². The summed E-state index contributed by atoms with van der Waals surface area (Å²) in [5.41, 5.74) is 3.33. The van der Waals surface area contributed by atoms with Crippen LogP contribution < -0.4 is 10.2 Å². The summed E-state index contributed by atoms with van der Waals surface area (Å²) in [5, 5.41) is 18.0. The molecule has 0 aliphatic carbocycles. The summed E-state index contributed by atoms with van der Waals surface area (Å²) in [5.74, 6) is -0.217. The van der Waals surface area contributed by atoms with E-state index in [2.05, 4.69) is 10.5 Å². The fourth-order valence-corrected chi connectivity index (χ4v) is 4.11. The molecule has 31 heavy (non-hydrogen) atoms. The number of nitrogens with one attached hydrogen (secondary N) is 1. The number of carbonyl (C=O) groups excluding carboxylic acids is 2. The molecule has 8 heteroatoms. The van der Waals surface area contributed by atoms with Gasteiger partial charge in [0.1, 0.15) is 5.69 Å². The summed E-state index contributed by atoms with van der Waals surface area (Å²) < 4.78 is 5.37. The van der Waals surface area contributed by atoms with Crippen LogP contribution in [0.3, 0.4) is 0 Å². The molecule has 3 heterocycles. The summed E-state index contributed by atoms with van der Waals surface area (Å²) in [4.78, 5) is 27.5. The van der Waals surface area contributed by atoms with Gasteiger partial charge in [-0.15, -0.1) is 0 Å². The highest BCUT2D eigenvalue weighted by Crippen LogP contribution is 2.37. The number of benzene rings is 2. The lowest BCUT2D eigenvalue weighted by Crippen LogP contribution is -2.36. The third kappa shape index (κ3) is 3.07. The molecular formula is C23H22N4O4. The molecule has 158 valence electrons. The molecule has 5 rings (SSSR count). The standard InChI is InChI=1S/C23H22N4O4/c1-26-9-8-23(30,22(26)29)20-12-18(25-31-20)16-5-3-4-14(10-16)15-6-7-17-19(11-15)27(2)21(28)13-24-17/h3-7,10-12,24,30H,8-9,13H2,1-2H3. The molecule has 2 N–H and O–H groups in total. The molecule has 0 radical (unpaired) electrons. The molecule has 2 amide bonds. The van der Waals surface area contributed by atoms with Gasteiger partial charge in [-0.2, -0.15) is 0 Å². The molecule has 0 bridgehead atoms. The number of amides is 2. The molecule has 1 unspecified atom stereocenters. The molecule has 2 aliphatic heterocycles. The van der Waals surface area contributed by atoms with Crippen molar-refractivity contribution in [3.8, 4) is 22.4 Å². The van der Waals surface area contributed by atoms with E-state index in [4.69, 9.17) is 4.52 Å². The van der Waals surface area contributed by atoms with E-state index in [9.17, 15) is 14.7 Å². The van der Waals surface area contributed by atoms with E-state index in [1.165, 1.54) is 4.90 Å². The molecule has 8 nitrogen and oxygen atoms in total. The van der Waals surface area contributed by atoms with Gasteiger partial charge in [-0.1, -0.05) is 29.4 Å². The van der Waals surface area contributed by atoms with Gasteiger partial charge in [0, 0.05) is 38.7 Å². The smallest absolute Gasteiger partial charge is 0.262 e. The van der Waals surface area contributed by atoms with E-state index in [-0.39, 0.29) is 30.5 Å². The van der Waals surface area contributed by atoms with Gasteiger partial charge >= 0.3 is 0 Å². The van der Waals surface area contributed by atoms with E-state index in [0.717, 1.165) is 28.1 Å². The number of nitrogens with zero attached hydrogens (tertiary/aromatic N) is 3. The summed E-state index contributed by atoms with van der Waals surface area (Å²) >= 11 is 0. The van der Waals surface area contributed by atoms with Crippen LogP contribution in [0.25, 0.3) is 22.4 Å². The first-order valence-corrected chi connectivity index (χ1v) is 10.1. The Bertz CT molecular complexity index is 1200. The fraction of sp³-hybridized carbons (Fsp3) is 0.261. The predicted octanol–water partition coefficient (Wildman–Crippen LogP) is 2.45. The van der Waals surface area contributed by atoms with Crippen molar-refractivity contribution in [1.82, 2.24) is 10.1 Å². The van der Waals surface area contributed by atoms with Crippen LogP contribution in [0.1, 0.15) is 12.2 Å². The predicted molar refractivity (Wildman–Crippen MR) is 115 cm³/mol. The first-order valence-electron chi connectivity index (χ1n) is 10.1. The lowest BCUT2D eigenvalue weighted by Gasteiger charge is -2.27. The normalized spacial score (nSPS) is 20.7. The number of likely N-dealkylation sites (N-methyl/N-ethyl adjacent to an activating group) is 2. The summed E-state index contributed by atoms with van der Waals surface area (Å²) in [6, 6.07) is 15.3. The quantitative estimate of drug-likeness (QED) is 0.678. The minimum atomic E-state index is -1.67. The number of likely N-dealkylation sites (tertiary alicyclic amines) is 1. The highest BCUT2D eigenvalue weighted by atomic mass is 16.5. The molecule has 1 aromatic heterocycles. The number of anilines is 2. The van der Waals surface area contributed by atoms with Gasteiger partial charge in [0.25, 0.3) is 5.91 Å². The fourth-order valence-electron chi connectivity index (χ4n) is 4.11. The van der Waals surface area contributed by atoms with Crippen LogP contribution >= 0.6 is 0 Å². The first kappa shape index (κ1) is 19.3. The maximum absolute atomic E-state index is 12.3. The molecule has 1 saturated heterocycles. The second kappa shape index (κ2) is 6.95.